The van der Waals surface area contributed by atoms with Gasteiger partial charge in [-0.2, -0.15) is 5.10 Å². The summed E-state index contributed by atoms with van der Waals surface area (Å²) in [5.74, 6) is 2.10. The minimum atomic E-state index is 0.533. The first-order valence-corrected chi connectivity index (χ1v) is 9.68. The van der Waals surface area contributed by atoms with E-state index in [0.717, 1.165) is 40.6 Å². The highest BCUT2D eigenvalue weighted by Gasteiger charge is 2.17. The van der Waals surface area contributed by atoms with Crippen LogP contribution in [0.25, 0.3) is 22.3 Å². The largest absolute Gasteiger partial charge is 0.309 e. The molecule has 0 atom stereocenters. The molecule has 0 aliphatic heterocycles. The Bertz CT molecular complexity index is 1110. The third-order valence-electron chi connectivity index (χ3n) is 5.43. The predicted octanol–water partition coefficient (Wildman–Crippen LogP) is 3.56. The number of nitrogens with zero attached hydrogens (tertiary/aromatic N) is 7. The van der Waals surface area contributed by atoms with Crippen LogP contribution in [0.15, 0.2) is 42.7 Å². The monoisotopic (exact) mass is 374 g/mol. The van der Waals surface area contributed by atoms with Crippen molar-refractivity contribution in [1.82, 2.24) is 34.7 Å². The third-order valence-corrected chi connectivity index (χ3v) is 5.43. The summed E-state index contributed by atoms with van der Waals surface area (Å²) < 4.78 is 3.79. The van der Waals surface area contributed by atoms with Crippen molar-refractivity contribution in [3.05, 3.63) is 42.7 Å². The first-order valence-electron chi connectivity index (χ1n) is 9.68. The van der Waals surface area contributed by atoms with Crippen LogP contribution in [0.1, 0.15) is 25.7 Å². The Morgan fingerprint density at radius 1 is 1.11 bits per heavy atom. The SMILES string of the molecule is Cn1nccc1Nc1nccc(-c2ccc3c(c2)nnn3CC2CCCC2)n1. The lowest BCUT2D eigenvalue weighted by Crippen LogP contribution is -2.08. The molecule has 1 aromatic carbocycles. The third kappa shape index (κ3) is 3.21. The highest BCUT2D eigenvalue weighted by molar-refractivity contribution is 5.80. The van der Waals surface area contributed by atoms with E-state index in [1.54, 1.807) is 17.1 Å². The van der Waals surface area contributed by atoms with Crippen molar-refractivity contribution in [1.29, 1.82) is 0 Å². The molecule has 0 unspecified atom stereocenters. The van der Waals surface area contributed by atoms with Gasteiger partial charge in [0.2, 0.25) is 5.95 Å². The van der Waals surface area contributed by atoms with E-state index in [0.29, 0.717) is 5.95 Å². The van der Waals surface area contributed by atoms with Gasteiger partial charge >= 0.3 is 0 Å². The number of nitrogens with one attached hydrogen (secondary N) is 1. The second-order valence-corrected chi connectivity index (χ2v) is 7.36. The molecule has 8 heteroatoms. The maximum Gasteiger partial charge on any atom is 0.228 e. The molecule has 1 fully saturated rings. The Morgan fingerprint density at radius 3 is 2.82 bits per heavy atom. The van der Waals surface area contributed by atoms with Gasteiger partial charge in [-0.05, 0) is 37.0 Å². The standard InChI is InChI=1S/C20H22N8/c1-27-19(9-11-22-27)24-20-21-10-8-16(23-20)15-6-7-18-17(12-15)25-26-28(18)13-14-4-2-3-5-14/h6-12,14H,2-5,13H2,1H3,(H,21,23,24). The van der Waals surface area contributed by atoms with Gasteiger partial charge in [-0.1, -0.05) is 24.1 Å². The van der Waals surface area contributed by atoms with Gasteiger partial charge in [0.25, 0.3) is 0 Å². The van der Waals surface area contributed by atoms with Gasteiger partial charge in [-0.15, -0.1) is 5.10 Å². The Kier molecular flexibility index (Phi) is 4.23. The van der Waals surface area contributed by atoms with Crippen LogP contribution >= 0.6 is 0 Å². The predicted molar refractivity (Wildman–Crippen MR) is 107 cm³/mol. The van der Waals surface area contributed by atoms with Crippen molar-refractivity contribution in [2.24, 2.45) is 13.0 Å². The zero-order valence-electron chi connectivity index (χ0n) is 15.8. The van der Waals surface area contributed by atoms with E-state index in [4.69, 9.17) is 0 Å². The van der Waals surface area contributed by atoms with Crippen molar-refractivity contribution in [3.8, 4) is 11.3 Å². The van der Waals surface area contributed by atoms with Gasteiger partial charge in [0.15, 0.2) is 0 Å². The van der Waals surface area contributed by atoms with E-state index in [1.807, 2.05) is 29.9 Å². The van der Waals surface area contributed by atoms with Crippen molar-refractivity contribution in [2.75, 3.05) is 5.32 Å². The summed E-state index contributed by atoms with van der Waals surface area (Å²) in [6.07, 6.45) is 8.76. The zero-order valence-corrected chi connectivity index (χ0v) is 15.8. The Hall–Kier alpha value is -3.29. The summed E-state index contributed by atoms with van der Waals surface area (Å²) in [5.41, 5.74) is 3.82. The van der Waals surface area contributed by atoms with Crippen LogP contribution in [-0.2, 0) is 13.6 Å². The van der Waals surface area contributed by atoms with Crippen LogP contribution < -0.4 is 5.32 Å². The van der Waals surface area contributed by atoms with E-state index in [9.17, 15) is 0 Å². The van der Waals surface area contributed by atoms with E-state index in [1.165, 1.54) is 25.7 Å². The van der Waals surface area contributed by atoms with Crippen LogP contribution in [0.5, 0.6) is 0 Å². The van der Waals surface area contributed by atoms with Gasteiger partial charge in [0.1, 0.15) is 11.3 Å². The molecule has 1 aliphatic rings. The van der Waals surface area contributed by atoms with Crippen LogP contribution in [0, 0.1) is 5.92 Å². The number of benzene rings is 1. The summed E-state index contributed by atoms with van der Waals surface area (Å²) in [6, 6.07) is 10.00. The Labute approximate surface area is 162 Å². The quantitative estimate of drug-likeness (QED) is 0.575. The summed E-state index contributed by atoms with van der Waals surface area (Å²) in [6.45, 7) is 0.960. The summed E-state index contributed by atoms with van der Waals surface area (Å²) in [5, 5.41) is 16.1. The van der Waals surface area contributed by atoms with Crippen LogP contribution in [0.4, 0.5) is 11.8 Å². The Morgan fingerprint density at radius 2 is 2.00 bits per heavy atom. The van der Waals surface area contributed by atoms with Gasteiger partial charge in [0.05, 0.1) is 17.4 Å². The van der Waals surface area contributed by atoms with Gasteiger partial charge in [-0.25, -0.2) is 14.6 Å². The minimum absolute atomic E-state index is 0.533. The number of anilines is 2. The molecule has 0 radical (unpaired) electrons. The van der Waals surface area contributed by atoms with Crippen molar-refractivity contribution in [2.45, 2.75) is 32.2 Å². The molecule has 4 aromatic rings. The molecule has 142 valence electrons. The molecular formula is C20H22N8. The number of aromatic nitrogens is 7. The summed E-state index contributed by atoms with van der Waals surface area (Å²) >= 11 is 0. The minimum Gasteiger partial charge on any atom is -0.309 e. The fourth-order valence-electron chi connectivity index (χ4n) is 3.89. The number of hydrogen-bond donors (Lipinski definition) is 1. The van der Waals surface area contributed by atoms with Gasteiger partial charge in [0, 0.05) is 31.4 Å². The average Bonchev–Trinajstić information content (AvgIpc) is 3.45. The number of hydrogen-bond acceptors (Lipinski definition) is 6. The molecular weight excluding hydrogens is 352 g/mol. The van der Waals surface area contributed by atoms with Crippen LogP contribution in [0.2, 0.25) is 0 Å². The van der Waals surface area contributed by atoms with E-state index in [-0.39, 0.29) is 0 Å². The lowest BCUT2D eigenvalue weighted by atomic mass is 10.1. The second-order valence-electron chi connectivity index (χ2n) is 7.36. The fraction of sp³-hybridized carbons (Fsp3) is 0.350. The summed E-state index contributed by atoms with van der Waals surface area (Å²) in [4.78, 5) is 8.95. The zero-order chi connectivity index (χ0) is 18.9. The highest BCUT2D eigenvalue weighted by Crippen LogP contribution is 2.28. The van der Waals surface area contributed by atoms with Gasteiger partial charge in [-0.3, -0.25) is 4.68 Å². The number of rotatable bonds is 5. The first kappa shape index (κ1) is 16.9. The first-order chi connectivity index (χ1) is 13.8. The topological polar surface area (TPSA) is 86.3 Å². The number of fused-ring (bicyclic) bond motifs is 1. The molecule has 1 saturated carbocycles. The molecule has 0 bridgehead atoms. The van der Waals surface area contributed by atoms with E-state index >= 15 is 0 Å². The molecule has 1 aliphatic carbocycles. The van der Waals surface area contributed by atoms with Crippen LogP contribution in [-0.4, -0.2) is 34.7 Å². The maximum atomic E-state index is 4.64. The highest BCUT2D eigenvalue weighted by atomic mass is 15.4. The Balaban J connectivity index is 1.41. The fourth-order valence-corrected chi connectivity index (χ4v) is 3.89. The molecule has 28 heavy (non-hydrogen) atoms. The second kappa shape index (κ2) is 7.03. The van der Waals surface area contributed by atoms with Crippen LogP contribution in [0.3, 0.4) is 0 Å². The molecule has 0 amide bonds. The molecule has 0 spiro atoms. The maximum absolute atomic E-state index is 4.64. The lowest BCUT2D eigenvalue weighted by Gasteiger charge is -2.09. The smallest absolute Gasteiger partial charge is 0.228 e. The number of aryl methyl sites for hydroxylation is 1. The average molecular weight is 374 g/mol. The molecule has 5 rings (SSSR count). The van der Waals surface area contributed by atoms with E-state index in [2.05, 4.69) is 42.8 Å². The molecule has 3 aromatic heterocycles. The molecule has 8 nitrogen and oxygen atoms in total. The van der Waals surface area contributed by atoms with Crippen molar-refractivity contribution < 1.29 is 0 Å². The van der Waals surface area contributed by atoms with E-state index < -0.39 is 0 Å². The molecule has 1 N–H and O–H groups in total. The summed E-state index contributed by atoms with van der Waals surface area (Å²) in [7, 11) is 1.87. The lowest BCUT2D eigenvalue weighted by molar-refractivity contribution is 0.430. The normalized spacial score (nSPS) is 14.8. The van der Waals surface area contributed by atoms with Gasteiger partial charge < -0.3 is 5.32 Å². The molecule has 0 saturated heterocycles. The van der Waals surface area contributed by atoms with Crippen molar-refractivity contribution in [3.63, 3.8) is 0 Å². The molecule has 3 heterocycles. The van der Waals surface area contributed by atoms with Crippen molar-refractivity contribution >= 4 is 22.8 Å².